The lowest BCUT2D eigenvalue weighted by Gasteiger charge is -2.42. The molecule has 2 aromatic carbocycles. The van der Waals surface area contributed by atoms with Crippen LogP contribution in [-0.4, -0.2) is 42.6 Å². The van der Waals surface area contributed by atoms with E-state index in [0.29, 0.717) is 49.8 Å². The molecule has 1 spiro atoms. The second-order valence-corrected chi connectivity index (χ2v) is 7.98. The van der Waals surface area contributed by atoms with Gasteiger partial charge < -0.3 is 9.64 Å². The number of carbonyl (C=O) groups is 1. The van der Waals surface area contributed by atoms with Crippen LogP contribution in [0.1, 0.15) is 24.8 Å². The van der Waals surface area contributed by atoms with Crippen LogP contribution in [0.15, 0.2) is 48.5 Å². The smallest absolute Gasteiger partial charge is 0.260 e. The van der Waals surface area contributed by atoms with E-state index in [2.05, 4.69) is 4.90 Å². The topological polar surface area (TPSA) is 32.8 Å². The summed E-state index contributed by atoms with van der Waals surface area (Å²) < 4.78 is 20.4. The number of nitrogens with zero attached hydrogens (tertiary/aromatic N) is 2. The fraction of sp³-hybridized carbons (Fsp3) is 0.409. The van der Waals surface area contributed by atoms with Crippen molar-refractivity contribution in [1.82, 2.24) is 4.90 Å². The third kappa shape index (κ3) is 3.93. The first kappa shape index (κ1) is 19.4. The molecule has 1 amide bonds. The standard InChI is InChI=1S/C22H24ClFN2O2/c23-18-9-8-17(20(24)14-18)15-25-12-13-28-22(16-25)10-4-5-11-26(21(22)27)19-6-2-1-3-7-19/h1-3,6-9,14H,4-5,10-13,15-16H2. The number of carbonyl (C=O) groups excluding carboxylic acids is 1. The number of hydrogen-bond acceptors (Lipinski definition) is 3. The van der Waals surface area contributed by atoms with Crippen LogP contribution in [0, 0.1) is 5.82 Å². The van der Waals surface area contributed by atoms with Crippen LogP contribution >= 0.6 is 11.6 Å². The minimum absolute atomic E-state index is 0.0116. The van der Waals surface area contributed by atoms with Gasteiger partial charge in [0.15, 0.2) is 5.60 Å². The predicted molar refractivity (Wildman–Crippen MR) is 108 cm³/mol. The fourth-order valence-corrected chi connectivity index (χ4v) is 4.31. The van der Waals surface area contributed by atoms with Gasteiger partial charge in [0, 0.05) is 42.5 Å². The Balaban J connectivity index is 1.56. The summed E-state index contributed by atoms with van der Waals surface area (Å²) in [6.45, 7) is 2.73. The Labute approximate surface area is 169 Å². The fourth-order valence-electron chi connectivity index (χ4n) is 4.15. The molecule has 0 bridgehead atoms. The summed E-state index contributed by atoms with van der Waals surface area (Å²) in [7, 11) is 0. The SMILES string of the molecule is O=C1N(c2ccccc2)CCCCC12CN(Cc1ccc(Cl)cc1F)CCO2. The molecule has 0 aromatic heterocycles. The van der Waals surface area contributed by atoms with Crippen LogP contribution in [0.2, 0.25) is 5.02 Å². The second kappa shape index (κ2) is 8.19. The molecule has 6 heteroatoms. The van der Waals surface area contributed by atoms with Crippen molar-refractivity contribution < 1.29 is 13.9 Å². The third-order valence-electron chi connectivity index (χ3n) is 5.59. The first-order valence-corrected chi connectivity index (χ1v) is 10.1. The number of halogens is 2. The molecular weight excluding hydrogens is 379 g/mol. The molecule has 2 aliphatic rings. The van der Waals surface area contributed by atoms with Crippen molar-refractivity contribution >= 4 is 23.2 Å². The number of rotatable bonds is 3. The summed E-state index contributed by atoms with van der Waals surface area (Å²) in [5.74, 6) is -0.302. The Morgan fingerprint density at radius 3 is 2.71 bits per heavy atom. The van der Waals surface area contributed by atoms with Gasteiger partial charge in [-0.1, -0.05) is 35.9 Å². The lowest BCUT2D eigenvalue weighted by molar-refractivity contribution is -0.158. The average molecular weight is 403 g/mol. The molecular formula is C22H24ClFN2O2. The minimum Gasteiger partial charge on any atom is -0.362 e. The van der Waals surface area contributed by atoms with Crippen LogP contribution in [0.5, 0.6) is 0 Å². The van der Waals surface area contributed by atoms with E-state index >= 15 is 0 Å². The Morgan fingerprint density at radius 1 is 1.11 bits per heavy atom. The van der Waals surface area contributed by atoms with Gasteiger partial charge in [-0.2, -0.15) is 0 Å². The molecule has 2 aliphatic heterocycles. The molecule has 28 heavy (non-hydrogen) atoms. The Bertz CT molecular complexity index is 848. The lowest BCUT2D eigenvalue weighted by Crippen LogP contribution is -2.59. The number of benzene rings is 2. The highest BCUT2D eigenvalue weighted by molar-refractivity contribution is 6.30. The first-order valence-electron chi connectivity index (χ1n) is 9.75. The molecule has 2 saturated heterocycles. The van der Waals surface area contributed by atoms with Gasteiger partial charge in [0.2, 0.25) is 0 Å². The van der Waals surface area contributed by atoms with Crippen molar-refractivity contribution in [1.29, 1.82) is 0 Å². The van der Waals surface area contributed by atoms with Crippen LogP contribution in [0.4, 0.5) is 10.1 Å². The summed E-state index contributed by atoms with van der Waals surface area (Å²) >= 11 is 5.86. The van der Waals surface area contributed by atoms with Gasteiger partial charge in [0.1, 0.15) is 5.82 Å². The van der Waals surface area contributed by atoms with E-state index < -0.39 is 5.60 Å². The number of hydrogen-bond donors (Lipinski definition) is 0. The Kier molecular flexibility index (Phi) is 5.67. The normalized spacial score (nSPS) is 23.8. The number of morpholine rings is 1. The molecule has 1 atom stereocenters. The highest BCUT2D eigenvalue weighted by atomic mass is 35.5. The molecule has 0 aliphatic carbocycles. The zero-order valence-corrected chi connectivity index (χ0v) is 16.5. The first-order chi connectivity index (χ1) is 13.6. The van der Waals surface area contributed by atoms with E-state index in [9.17, 15) is 9.18 Å². The predicted octanol–water partition coefficient (Wildman–Crippen LogP) is 4.27. The highest BCUT2D eigenvalue weighted by Gasteiger charge is 2.47. The van der Waals surface area contributed by atoms with Gasteiger partial charge in [-0.25, -0.2) is 4.39 Å². The van der Waals surface area contributed by atoms with Crippen LogP contribution in [0.25, 0.3) is 0 Å². The number of ether oxygens (including phenoxy) is 1. The Hall–Kier alpha value is -1.95. The van der Waals surface area contributed by atoms with E-state index in [1.807, 2.05) is 35.2 Å². The molecule has 0 N–H and O–H groups in total. The van der Waals surface area contributed by atoms with Crippen molar-refractivity contribution in [2.75, 3.05) is 31.1 Å². The van der Waals surface area contributed by atoms with Crippen molar-refractivity contribution in [3.63, 3.8) is 0 Å². The molecule has 1 unspecified atom stereocenters. The van der Waals surface area contributed by atoms with Crippen LogP contribution < -0.4 is 4.90 Å². The average Bonchev–Trinajstić information content (AvgIpc) is 2.85. The zero-order valence-electron chi connectivity index (χ0n) is 15.7. The van der Waals surface area contributed by atoms with Crippen LogP contribution in [-0.2, 0) is 16.1 Å². The van der Waals surface area contributed by atoms with E-state index in [1.54, 1.807) is 12.1 Å². The quantitative estimate of drug-likeness (QED) is 0.768. The monoisotopic (exact) mass is 402 g/mol. The maximum absolute atomic E-state index is 14.2. The van der Waals surface area contributed by atoms with E-state index in [1.165, 1.54) is 6.07 Å². The molecule has 0 saturated carbocycles. The van der Waals surface area contributed by atoms with Crippen LogP contribution in [0.3, 0.4) is 0 Å². The number of amides is 1. The summed E-state index contributed by atoms with van der Waals surface area (Å²) in [5, 5.41) is 0.386. The van der Waals surface area contributed by atoms with Gasteiger partial charge in [0.25, 0.3) is 5.91 Å². The summed E-state index contributed by atoms with van der Waals surface area (Å²) in [5.41, 5.74) is 0.619. The number of para-hydroxylation sites is 1. The zero-order chi connectivity index (χ0) is 19.6. The van der Waals surface area contributed by atoms with Crippen molar-refractivity contribution in [3.8, 4) is 0 Å². The third-order valence-corrected chi connectivity index (χ3v) is 5.82. The van der Waals surface area contributed by atoms with E-state index in [-0.39, 0.29) is 11.7 Å². The molecule has 4 rings (SSSR count). The molecule has 4 nitrogen and oxygen atoms in total. The summed E-state index contributed by atoms with van der Waals surface area (Å²) in [4.78, 5) is 17.5. The molecule has 0 radical (unpaired) electrons. The summed E-state index contributed by atoms with van der Waals surface area (Å²) in [6, 6.07) is 14.5. The summed E-state index contributed by atoms with van der Waals surface area (Å²) in [6.07, 6.45) is 2.56. The van der Waals surface area contributed by atoms with Gasteiger partial charge in [-0.3, -0.25) is 9.69 Å². The lowest BCUT2D eigenvalue weighted by atomic mass is 9.93. The van der Waals surface area contributed by atoms with Crippen molar-refractivity contribution in [2.45, 2.75) is 31.4 Å². The van der Waals surface area contributed by atoms with E-state index in [0.717, 1.165) is 18.5 Å². The highest BCUT2D eigenvalue weighted by Crippen LogP contribution is 2.33. The van der Waals surface area contributed by atoms with Gasteiger partial charge in [0.05, 0.1) is 6.61 Å². The van der Waals surface area contributed by atoms with Gasteiger partial charge in [-0.05, 0) is 43.5 Å². The van der Waals surface area contributed by atoms with Crippen molar-refractivity contribution in [2.24, 2.45) is 0 Å². The maximum Gasteiger partial charge on any atom is 0.260 e. The largest absolute Gasteiger partial charge is 0.362 e. The number of anilines is 1. The Morgan fingerprint density at radius 2 is 1.93 bits per heavy atom. The van der Waals surface area contributed by atoms with Gasteiger partial charge >= 0.3 is 0 Å². The van der Waals surface area contributed by atoms with Gasteiger partial charge in [-0.15, -0.1) is 0 Å². The second-order valence-electron chi connectivity index (χ2n) is 7.54. The minimum atomic E-state index is -0.868. The molecule has 2 aromatic rings. The molecule has 2 fully saturated rings. The molecule has 2 heterocycles. The maximum atomic E-state index is 14.2. The van der Waals surface area contributed by atoms with E-state index in [4.69, 9.17) is 16.3 Å². The van der Waals surface area contributed by atoms with Crippen molar-refractivity contribution in [3.05, 3.63) is 64.9 Å². The molecule has 148 valence electrons.